The first-order chi connectivity index (χ1) is 6.27. The van der Waals surface area contributed by atoms with E-state index in [9.17, 15) is 4.79 Å². The lowest BCUT2D eigenvalue weighted by Gasteiger charge is -2.07. The molecular weight excluding hydrogens is 164 g/mol. The minimum atomic E-state index is -0.255. The molecule has 0 spiro atoms. The second kappa shape index (κ2) is 2.79. The minimum Gasteiger partial charge on any atom is -0.262 e. The first-order valence-electron chi connectivity index (χ1n) is 4.29. The van der Waals surface area contributed by atoms with Gasteiger partial charge >= 0.3 is 0 Å². The predicted molar refractivity (Wildman–Crippen MR) is 48.0 cm³/mol. The van der Waals surface area contributed by atoms with Gasteiger partial charge in [0.1, 0.15) is 0 Å². The fraction of sp³-hybridized carbons (Fsp3) is 0.400. The molecule has 0 saturated heterocycles. The van der Waals surface area contributed by atoms with Crippen LogP contribution in [0, 0.1) is 6.92 Å². The van der Waals surface area contributed by atoms with Gasteiger partial charge in [-0.05, 0) is 37.5 Å². The van der Waals surface area contributed by atoms with Crippen molar-refractivity contribution in [1.82, 2.24) is 4.98 Å². The maximum absolute atomic E-state index is 10.2. The standard InChI is InChI=1S/C10H10N2O/c1-8-6-9(2-5-11-8)10(3-4-10)12-7-13/h2,5-6H,3-4H2,1H3. The number of pyridine rings is 1. The molecule has 0 N–H and O–H groups in total. The molecular formula is C10H10N2O. The monoisotopic (exact) mass is 174 g/mol. The third-order valence-electron chi connectivity index (χ3n) is 2.42. The molecule has 13 heavy (non-hydrogen) atoms. The van der Waals surface area contributed by atoms with Crippen LogP contribution in [0.25, 0.3) is 0 Å². The highest BCUT2D eigenvalue weighted by Gasteiger charge is 2.44. The Balaban J connectivity index is 2.40. The number of carbonyl (C=O) groups excluding carboxylic acids is 1. The van der Waals surface area contributed by atoms with Gasteiger partial charge in [0.2, 0.25) is 6.08 Å². The van der Waals surface area contributed by atoms with Gasteiger partial charge in [-0.1, -0.05) is 0 Å². The van der Waals surface area contributed by atoms with E-state index in [4.69, 9.17) is 0 Å². The van der Waals surface area contributed by atoms with Crippen LogP contribution in [0.5, 0.6) is 0 Å². The maximum Gasteiger partial charge on any atom is 0.235 e. The zero-order valence-corrected chi connectivity index (χ0v) is 7.45. The molecule has 1 heterocycles. The summed E-state index contributed by atoms with van der Waals surface area (Å²) in [4.78, 5) is 18.2. The molecule has 2 rings (SSSR count). The fourth-order valence-corrected chi connectivity index (χ4v) is 1.51. The summed E-state index contributed by atoms with van der Waals surface area (Å²) in [5.41, 5.74) is 1.79. The fourth-order valence-electron chi connectivity index (χ4n) is 1.51. The SMILES string of the molecule is Cc1cc(C2(N=C=O)CC2)ccn1. The summed E-state index contributed by atoms with van der Waals surface area (Å²) < 4.78 is 0. The Labute approximate surface area is 76.5 Å². The molecule has 1 aliphatic rings. The highest BCUT2D eigenvalue weighted by molar-refractivity contribution is 5.41. The molecule has 0 atom stereocenters. The van der Waals surface area contributed by atoms with E-state index in [2.05, 4.69) is 9.98 Å². The van der Waals surface area contributed by atoms with Gasteiger partial charge in [0, 0.05) is 11.9 Å². The predicted octanol–water partition coefficient (Wildman–Crippen LogP) is 1.71. The lowest BCUT2D eigenvalue weighted by molar-refractivity contribution is 0.556. The molecule has 0 radical (unpaired) electrons. The van der Waals surface area contributed by atoms with Crippen LogP contribution in [0.3, 0.4) is 0 Å². The highest BCUT2D eigenvalue weighted by atomic mass is 16.1. The Morgan fingerprint density at radius 1 is 1.62 bits per heavy atom. The van der Waals surface area contributed by atoms with E-state index in [-0.39, 0.29) is 5.54 Å². The number of aryl methyl sites for hydroxylation is 1. The number of rotatable bonds is 2. The Bertz CT molecular complexity index is 376. The van der Waals surface area contributed by atoms with Crippen LogP contribution in [-0.2, 0) is 10.3 Å². The summed E-state index contributed by atoms with van der Waals surface area (Å²) in [6, 6.07) is 3.90. The van der Waals surface area contributed by atoms with Crippen LogP contribution < -0.4 is 0 Å². The number of hydrogen-bond acceptors (Lipinski definition) is 3. The van der Waals surface area contributed by atoms with Crippen LogP contribution >= 0.6 is 0 Å². The summed E-state index contributed by atoms with van der Waals surface area (Å²) in [7, 11) is 0. The molecule has 1 saturated carbocycles. The Morgan fingerprint density at radius 3 is 2.92 bits per heavy atom. The van der Waals surface area contributed by atoms with Crippen molar-refractivity contribution < 1.29 is 4.79 Å². The van der Waals surface area contributed by atoms with Crippen molar-refractivity contribution in [3.05, 3.63) is 29.6 Å². The van der Waals surface area contributed by atoms with E-state index in [0.29, 0.717) is 0 Å². The van der Waals surface area contributed by atoms with Crippen LogP contribution in [0.15, 0.2) is 23.3 Å². The molecule has 1 fully saturated rings. The van der Waals surface area contributed by atoms with Gasteiger partial charge in [-0.25, -0.2) is 4.79 Å². The lowest BCUT2D eigenvalue weighted by atomic mass is 10.1. The molecule has 3 heteroatoms. The van der Waals surface area contributed by atoms with Crippen molar-refractivity contribution >= 4 is 6.08 Å². The second-order valence-corrected chi connectivity index (χ2v) is 3.42. The number of hydrogen-bond donors (Lipinski definition) is 0. The Kier molecular flexibility index (Phi) is 1.74. The third kappa shape index (κ3) is 1.38. The average Bonchev–Trinajstić information content (AvgIpc) is 2.86. The smallest absolute Gasteiger partial charge is 0.235 e. The molecule has 1 aromatic heterocycles. The number of aromatic nitrogens is 1. The minimum absolute atomic E-state index is 0.255. The zero-order valence-electron chi connectivity index (χ0n) is 7.45. The summed E-state index contributed by atoms with van der Waals surface area (Å²) in [6.07, 6.45) is 5.30. The number of nitrogens with zero attached hydrogens (tertiary/aromatic N) is 2. The molecule has 0 aromatic carbocycles. The molecule has 0 aliphatic heterocycles. The van der Waals surface area contributed by atoms with Gasteiger partial charge in [-0.2, -0.15) is 4.99 Å². The lowest BCUT2D eigenvalue weighted by Crippen LogP contribution is -2.02. The van der Waals surface area contributed by atoms with Gasteiger partial charge < -0.3 is 0 Å². The quantitative estimate of drug-likeness (QED) is 0.506. The van der Waals surface area contributed by atoms with Gasteiger partial charge in [0.05, 0.1) is 5.54 Å². The molecule has 3 nitrogen and oxygen atoms in total. The topological polar surface area (TPSA) is 42.3 Å². The first kappa shape index (κ1) is 8.14. The molecule has 0 unspecified atom stereocenters. The van der Waals surface area contributed by atoms with E-state index in [1.54, 1.807) is 12.3 Å². The summed E-state index contributed by atoms with van der Waals surface area (Å²) in [6.45, 7) is 1.93. The Hall–Kier alpha value is -1.47. The molecule has 66 valence electrons. The highest BCUT2D eigenvalue weighted by Crippen LogP contribution is 2.49. The van der Waals surface area contributed by atoms with Gasteiger partial charge in [0.15, 0.2) is 0 Å². The normalized spacial score (nSPS) is 17.6. The van der Waals surface area contributed by atoms with Crippen molar-refractivity contribution in [3.63, 3.8) is 0 Å². The molecule has 0 bridgehead atoms. The average molecular weight is 174 g/mol. The van der Waals surface area contributed by atoms with Crippen LogP contribution in [0.4, 0.5) is 0 Å². The van der Waals surface area contributed by atoms with Crippen LogP contribution in [-0.4, -0.2) is 11.1 Å². The van der Waals surface area contributed by atoms with Crippen molar-refractivity contribution in [2.45, 2.75) is 25.3 Å². The van der Waals surface area contributed by atoms with E-state index in [0.717, 1.165) is 24.1 Å². The van der Waals surface area contributed by atoms with Gasteiger partial charge in [0.25, 0.3) is 0 Å². The Morgan fingerprint density at radius 2 is 2.38 bits per heavy atom. The summed E-state index contributed by atoms with van der Waals surface area (Å²) >= 11 is 0. The van der Waals surface area contributed by atoms with E-state index in [1.807, 2.05) is 19.1 Å². The van der Waals surface area contributed by atoms with Crippen molar-refractivity contribution in [2.75, 3.05) is 0 Å². The summed E-state index contributed by atoms with van der Waals surface area (Å²) in [5, 5.41) is 0. The molecule has 0 amide bonds. The molecule has 1 aromatic rings. The van der Waals surface area contributed by atoms with Crippen molar-refractivity contribution in [3.8, 4) is 0 Å². The molecule has 1 aliphatic carbocycles. The van der Waals surface area contributed by atoms with E-state index < -0.39 is 0 Å². The largest absolute Gasteiger partial charge is 0.262 e. The van der Waals surface area contributed by atoms with E-state index in [1.165, 1.54) is 0 Å². The van der Waals surface area contributed by atoms with Gasteiger partial charge in [-0.3, -0.25) is 4.98 Å². The zero-order chi connectivity index (χ0) is 9.31. The summed E-state index contributed by atoms with van der Waals surface area (Å²) in [5.74, 6) is 0. The van der Waals surface area contributed by atoms with Crippen molar-refractivity contribution in [1.29, 1.82) is 0 Å². The first-order valence-corrected chi connectivity index (χ1v) is 4.29. The third-order valence-corrected chi connectivity index (χ3v) is 2.42. The van der Waals surface area contributed by atoms with E-state index >= 15 is 0 Å². The van der Waals surface area contributed by atoms with Crippen LogP contribution in [0.1, 0.15) is 24.1 Å². The maximum atomic E-state index is 10.2. The number of isocyanates is 1. The second-order valence-electron chi connectivity index (χ2n) is 3.42. The van der Waals surface area contributed by atoms with Crippen molar-refractivity contribution in [2.24, 2.45) is 4.99 Å². The number of aliphatic imine (C=N–C) groups is 1. The van der Waals surface area contributed by atoms with Gasteiger partial charge in [-0.15, -0.1) is 0 Å². The van der Waals surface area contributed by atoms with Crippen LogP contribution in [0.2, 0.25) is 0 Å².